The van der Waals surface area contributed by atoms with E-state index in [9.17, 15) is 9.59 Å². The van der Waals surface area contributed by atoms with Gasteiger partial charge >= 0.3 is 5.97 Å². The van der Waals surface area contributed by atoms with Gasteiger partial charge in [-0.05, 0) is 64.2 Å². The first-order valence-corrected chi connectivity index (χ1v) is 11.3. The number of hydrogen-bond acceptors (Lipinski definition) is 4. The van der Waals surface area contributed by atoms with E-state index in [1.807, 2.05) is 19.1 Å². The van der Waals surface area contributed by atoms with Crippen molar-refractivity contribution in [2.45, 2.75) is 89.9 Å². The van der Waals surface area contributed by atoms with Gasteiger partial charge in [0.05, 0.1) is 6.10 Å². The number of hydrogen-bond donors (Lipinski definition) is 1. The van der Waals surface area contributed by atoms with Crippen LogP contribution in [0.4, 0.5) is 0 Å². The highest BCUT2D eigenvalue weighted by Gasteiger charge is 2.32. The van der Waals surface area contributed by atoms with Crippen LogP contribution >= 0.6 is 0 Å². The molecule has 2 fully saturated rings. The van der Waals surface area contributed by atoms with Crippen LogP contribution < -0.4 is 0 Å². The zero-order chi connectivity index (χ0) is 21.6. The lowest BCUT2D eigenvalue weighted by molar-refractivity contribution is -0.179. The molecule has 0 aromatic heterocycles. The van der Waals surface area contributed by atoms with E-state index in [0.717, 1.165) is 58.0 Å². The lowest BCUT2D eigenvalue weighted by atomic mass is 9.91. The Kier molecular flexibility index (Phi) is 11.5. The maximum absolute atomic E-state index is 12.4. The first-order chi connectivity index (χ1) is 14.6. The first kappa shape index (κ1) is 24.4. The van der Waals surface area contributed by atoms with Crippen LogP contribution in [0.5, 0.6) is 0 Å². The molecule has 0 spiro atoms. The van der Waals surface area contributed by atoms with Gasteiger partial charge in [-0.2, -0.15) is 0 Å². The lowest BCUT2D eigenvalue weighted by Crippen LogP contribution is -2.27. The molecule has 1 aliphatic carbocycles. The van der Waals surface area contributed by atoms with Gasteiger partial charge in [0.15, 0.2) is 6.29 Å². The minimum atomic E-state index is -0.764. The summed E-state index contributed by atoms with van der Waals surface area (Å²) < 4.78 is 11.9. The Hall–Kier alpha value is -1.90. The van der Waals surface area contributed by atoms with Crippen LogP contribution in [0.2, 0.25) is 0 Å². The summed E-state index contributed by atoms with van der Waals surface area (Å²) in [6.45, 7) is 2.60. The molecule has 2 rings (SSSR count). The van der Waals surface area contributed by atoms with Crippen LogP contribution in [0, 0.1) is 23.7 Å². The molecule has 5 heteroatoms. The minimum Gasteiger partial charge on any atom is -0.481 e. The zero-order valence-electron chi connectivity index (χ0n) is 18.2. The molecule has 1 aliphatic heterocycles. The average Bonchev–Trinajstić information content (AvgIpc) is 3.09. The van der Waals surface area contributed by atoms with E-state index in [0.29, 0.717) is 18.6 Å². The number of unbranched alkanes of at least 4 members (excludes halogenated alkanes) is 1. The summed E-state index contributed by atoms with van der Waals surface area (Å²) in [7, 11) is 0. The van der Waals surface area contributed by atoms with E-state index < -0.39 is 5.97 Å². The summed E-state index contributed by atoms with van der Waals surface area (Å²) in [4.78, 5) is 22.9. The van der Waals surface area contributed by atoms with E-state index in [1.54, 1.807) is 0 Å². The molecule has 1 heterocycles. The molecule has 166 valence electrons. The molecule has 0 amide bonds. The maximum atomic E-state index is 12.4. The largest absolute Gasteiger partial charge is 0.481 e. The highest BCUT2D eigenvalue weighted by Crippen LogP contribution is 2.33. The van der Waals surface area contributed by atoms with Gasteiger partial charge in [0.25, 0.3) is 0 Å². The fourth-order valence-electron chi connectivity index (χ4n) is 4.03. The van der Waals surface area contributed by atoms with Crippen molar-refractivity contribution in [1.82, 2.24) is 0 Å². The molecule has 2 aliphatic rings. The third-order valence-corrected chi connectivity index (χ3v) is 5.74. The standard InChI is InChI=1S/C25H36O5/c1-2-3-6-11-21(30-25-14-9-10-19-29-25)17-15-20-16-18-23(26)22(20)12-7-4-5-8-13-24(27)28/h4,7,15,17,20-22,25H,5-6,8-14,16,18-19H2,1H3,(H,27,28)/b7-4-,17-15+/t20-,21-,22+,25?/m0/s1. The molecule has 0 bridgehead atoms. The van der Waals surface area contributed by atoms with Crippen LogP contribution in [-0.4, -0.2) is 35.9 Å². The highest BCUT2D eigenvalue weighted by molar-refractivity contribution is 5.83. The van der Waals surface area contributed by atoms with Gasteiger partial charge in [-0.25, -0.2) is 0 Å². The van der Waals surface area contributed by atoms with Crippen molar-refractivity contribution in [2.24, 2.45) is 11.8 Å². The average molecular weight is 417 g/mol. The Morgan fingerprint density at radius 3 is 2.93 bits per heavy atom. The second kappa shape index (κ2) is 14.2. The Morgan fingerprint density at radius 2 is 2.20 bits per heavy atom. The molecule has 5 nitrogen and oxygen atoms in total. The molecule has 0 aromatic rings. The third kappa shape index (κ3) is 9.28. The number of carboxylic acids is 1. The van der Waals surface area contributed by atoms with Crippen molar-refractivity contribution in [2.75, 3.05) is 6.61 Å². The fraction of sp³-hybridized carbons (Fsp3) is 0.680. The minimum absolute atomic E-state index is 0.0130. The summed E-state index contributed by atoms with van der Waals surface area (Å²) in [5.41, 5.74) is 0. The summed E-state index contributed by atoms with van der Waals surface area (Å²) in [6, 6.07) is 0. The van der Waals surface area contributed by atoms with Crippen molar-refractivity contribution in [3.63, 3.8) is 0 Å². The monoisotopic (exact) mass is 416 g/mol. The predicted octanol–water partition coefficient (Wildman–Crippen LogP) is 5.05. The number of carboxylic acid groups (broad SMARTS) is 1. The molecule has 0 radical (unpaired) electrons. The molecular weight excluding hydrogens is 380 g/mol. The number of allylic oxidation sites excluding steroid dienone is 3. The van der Waals surface area contributed by atoms with E-state index in [-0.39, 0.29) is 30.7 Å². The van der Waals surface area contributed by atoms with Crippen LogP contribution in [0.1, 0.15) is 77.6 Å². The summed E-state index contributed by atoms with van der Waals surface area (Å²) in [6.07, 6.45) is 16.7. The number of ether oxygens (including phenoxy) is 2. The number of aliphatic carboxylic acids is 1. The van der Waals surface area contributed by atoms with E-state index in [4.69, 9.17) is 14.6 Å². The molecule has 1 saturated heterocycles. The van der Waals surface area contributed by atoms with Crippen molar-refractivity contribution < 1.29 is 24.2 Å². The summed E-state index contributed by atoms with van der Waals surface area (Å²) >= 11 is 0. The smallest absolute Gasteiger partial charge is 0.303 e. The number of rotatable bonds is 12. The number of carbonyl (C=O) groups is 2. The fourth-order valence-corrected chi connectivity index (χ4v) is 4.03. The Labute approximate surface area is 180 Å². The van der Waals surface area contributed by atoms with Crippen LogP contribution in [0.15, 0.2) is 24.3 Å². The highest BCUT2D eigenvalue weighted by atomic mass is 16.7. The second-order valence-corrected chi connectivity index (χ2v) is 8.09. The molecule has 1 N–H and O–H groups in total. The van der Waals surface area contributed by atoms with Gasteiger partial charge in [0.2, 0.25) is 0 Å². The first-order valence-electron chi connectivity index (χ1n) is 11.3. The topological polar surface area (TPSA) is 72.8 Å². The van der Waals surface area contributed by atoms with Crippen molar-refractivity contribution in [1.29, 1.82) is 0 Å². The molecule has 1 unspecified atom stereocenters. The Balaban J connectivity index is 1.88. The number of ketones is 1. The summed E-state index contributed by atoms with van der Waals surface area (Å²) in [5, 5.41) is 8.69. The number of Topliss-reactive ketones (excluding diaryl/α,β-unsaturated/α-hetero) is 1. The molecule has 1 saturated carbocycles. The van der Waals surface area contributed by atoms with Gasteiger partial charge < -0.3 is 14.6 Å². The quantitative estimate of drug-likeness (QED) is 0.274. The molecular formula is C25H36O5. The maximum Gasteiger partial charge on any atom is 0.303 e. The van der Waals surface area contributed by atoms with Crippen molar-refractivity contribution in [3.8, 4) is 11.8 Å². The Bertz CT molecular complexity index is 648. The lowest BCUT2D eigenvalue weighted by Gasteiger charge is -2.26. The van der Waals surface area contributed by atoms with E-state index in [2.05, 4.69) is 24.0 Å². The van der Waals surface area contributed by atoms with Gasteiger partial charge in [0.1, 0.15) is 5.78 Å². The van der Waals surface area contributed by atoms with Crippen LogP contribution in [0.25, 0.3) is 0 Å². The van der Waals surface area contributed by atoms with E-state index >= 15 is 0 Å². The molecule has 4 atom stereocenters. The normalized spacial score (nSPS) is 25.5. The van der Waals surface area contributed by atoms with Crippen LogP contribution in [0.3, 0.4) is 0 Å². The van der Waals surface area contributed by atoms with Gasteiger partial charge in [-0.1, -0.05) is 24.3 Å². The molecule has 0 aromatic carbocycles. The zero-order valence-corrected chi connectivity index (χ0v) is 18.2. The van der Waals surface area contributed by atoms with Gasteiger partial charge in [-0.15, -0.1) is 11.8 Å². The Morgan fingerprint density at radius 1 is 1.33 bits per heavy atom. The SMILES string of the molecule is CC#CCC[C@@H](/C=C/[C@H]1CCC(=O)[C@@H]1C/C=C\CCCC(=O)O)OC1CCCCO1. The molecule has 30 heavy (non-hydrogen) atoms. The van der Waals surface area contributed by atoms with Crippen molar-refractivity contribution in [3.05, 3.63) is 24.3 Å². The van der Waals surface area contributed by atoms with Crippen molar-refractivity contribution >= 4 is 11.8 Å². The van der Waals surface area contributed by atoms with E-state index in [1.165, 1.54) is 0 Å². The van der Waals surface area contributed by atoms with Crippen LogP contribution in [-0.2, 0) is 19.1 Å². The third-order valence-electron chi connectivity index (χ3n) is 5.74. The number of carbonyl (C=O) groups excluding carboxylic acids is 1. The van der Waals surface area contributed by atoms with Gasteiger partial charge in [-0.3, -0.25) is 9.59 Å². The summed E-state index contributed by atoms with van der Waals surface area (Å²) in [5.74, 6) is 5.85. The predicted molar refractivity (Wildman–Crippen MR) is 117 cm³/mol. The second-order valence-electron chi connectivity index (χ2n) is 8.09. The van der Waals surface area contributed by atoms with Gasteiger partial charge in [0, 0.05) is 31.8 Å².